The van der Waals surface area contributed by atoms with Gasteiger partial charge in [-0.15, -0.1) is 11.6 Å². The lowest BCUT2D eigenvalue weighted by Gasteiger charge is -2.18. The van der Waals surface area contributed by atoms with Gasteiger partial charge < -0.3 is 0 Å². The van der Waals surface area contributed by atoms with E-state index in [0.29, 0.717) is 0 Å². The Balaban J connectivity index is 0.000000297. The minimum atomic E-state index is -0.253. The predicted octanol–water partition coefficient (Wildman–Crippen LogP) is 7.21. The van der Waals surface area contributed by atoms with Gasteiger partial charge in [-0.3, -0.25) is 5.01 Å². The second-order valence-corrected chi connectivity index (χ2v) is 7.35. The number of nitrogens with zero attached hydrogens (tertiary/aromatic N) is 2. The van der Waals surface area contributed by atoms with Gasteiger partial charge in [0.25, 0.3) is 0 Å². The van der Waals surface area contributed by atoms with Gasteiger partial charge in [0.2, 0.25) is 0 Å². The summed E-state index contributed by atoms with van der Waals surface area (Å²) in [4.78, 5) is 0. The molecular formula is C26H28ClFN2. The van der Waals surface area contributed by atoms with Crippen LogP contribution in [0.4, 0.5) is 4.39 Å². The van der Waals surface area contributed by atoms with Gasteiger partial charge >= 0.3 is 0 Å². The molecule has 156 valence electrons. The molecule has 2 nitrogen and oxygen atoms in total. The molecule has 0 spiro atoms. The third-order valence-electron chi connectivity index (χ3n) is 4.48. The maximum atomic E-state index is 13.0. The molecule has 0 heterocycles. The highest BCUT2D eigenvalue weighted by Gasteiger charge is 2.07. The molecule has 2 aromatic carbocycles. The number of benzene rings is 2. The zero-order chi connectivity index (χ0) is 21.9. The predicted molar refractivity (Wildman–Crippen MR) is 128 cm³/mol. The normalized spacial score (nSPS) is 15.6. The zero-order valence-corrected chi connectivity index (χ0v) is 18.5. The van der Waals surface area contributed by atoms with Crippen molar-refractivity contribution in [3.05, 3.63) is 114 Å². The summed E-state index contributed by atoms with van der Waals surface area (Å²) in [5, 5.41) is 6.42. The Bertz CT molecular complexity index is 941. The summed E-state index contributed by atoms with van der Waals surface area (Å²) in [7, 11) is 1.85. The van der Waals surface area contributed by atoms with Crippen LogP contribution in [0.2, 0.25) is 0 Å². The summed E-state index contributed by atoms with van der Waals surface area (Å²) in [5.41, 5.74) is 4.91. The molecule has 2 aromatic rings. The molecule has 0 saturated carbocycles. The second-order valence-electron chi connectivity index (χ2n) is 6.84. The first-order valence-electron chi connectivity index (χ1n) is 9.89. The Hall–Kier alpha value is -2.91. The van der Waals surface area contributed by atoms with E-state index in [1.807, 2.05) is 67.8 Å². The molecule has 1 aliphatic carbocycles. The lowest BCUT2D eigenvalue weighted by Crippen LogP contribution is -2.13. The minimum absolute atomic E-state index is 0.0682. The fraction of sp³-hybridized carbons (Fsp3) is 0.192. The maximum Gasteiger partial charge on any atom is 0.123 e. The van der Waals surface area contributed by atoms with E-state index in [4.69, 9.17) is 11.6 Å². The minimum Gasteiger partial charge on any atom is -0.268 e. The van der Waals surface area contributed by atoms with Gasteiger partial charge in [0.15, 0.2) is 0 Å². The topological polar surface area (TPSA) is 15.6 Å². The monoisotopic (exact) mass is 422 g/mol. The van der Waals surface area contributed by atoms with Gasteiger partial charge in [0, 0.05) is 7.05 Å². The summed E-state index contributed by atoms with van der Waals surface area (Å²) >= 11 is 5.78. The van der Waals surface area contributed by atoms with Crippen molar-refractivity contribution in [2.45, 2.75) is 25.6 Å². The lowest BCUT2D eigenvalue weighted by atomic mass is 10.1. The molecule has 0 aromatic heterocycles. The number of rotatable bonds is 5. The number of hydrogen-bond donors (Lipinski definition) is 0. The molecule has 30 heavy (non-hydrogen) atoms. The number of halogens is 2. The third-order valence-corrected chi connectivity index (χ3v) is 4.77. The largest absolute Gasteiger partial charge is 0.268 e. The molecule has 0 bridgehead atoms. The molecular weight excluding hydrogens is 395 g/mol. The van der Waals surface area contributed by atoms with Crippen molar-refractivity contribution in [2.24, 2.45) is 5.10 Å². The van der Waals surface area contributed by atoms with Crippen LogP contribution >= 0.6 is 11.6 Å². The molecule has 0 fully saturated rings. The molecule has 1 aliphatic rings. The van der Waals surface area contributed by atoms with Crippen LogP contribution in [0.25, 0.3) is 5.70 Å². The van der Waals surface area contributed by atoms with Gasteiger partial charge in [-0.1, -0.05) is 79.8 Å². The Labute approximate surface area is 184 Å². The van der Waals surface area contributed by atoms with Crippen molar-refractivity contribution >= 4 is 23.0 Å². The van der Waals surface area contributed by atoms with Crippen LogP contribution in [0.1, 0.15) is 31.4 Å². The average molecular weight is 423 g/mol. The van der Waals surface area contributed by atoms with Crippen LogP contribution in [0.3, 0.4) is 0 Å². The second kappa shape index (κ2) is 11.9. The van der Waals surface area contributed by atoms with Gasteiger partial charge in [-0.2, -0.15) is 5.10 Å². The molecule has 1 unspecified atom stereocenters. The quantitative estimate of drug-likeness (QED) is 0.282. The summed E-state index contributed by atoms with van der Waals surface area (Å²) in [6.07, 6.45) is 10.8. The zero-order valence-electron chi connectivity index (χ0n) is 17.7. The molecule has 4 heteroatoms. The van der Waals surface area contributed by atoms with Crippen LogP contribution in [0.15, 0.2) is 102 Å². The lowest BCUT2D eigenvalue weighted by molar-refractivity contribution is 0.516. The highest BCUT2D eigenvalue weighted by Crippen LogP contribution is 2.18. The fourth-order valence-corrected chi connectivity index (χ4v) is 2.87. The van der Waals surface area contributed by atoms with Crippen molar-refractivity contribution in [3.63, 3.8) is 0 Å². The van der Waals surface area contributed by atoms with E-state index in [2.05, 4.69) is 25.5 Å². The Morgan fingerprint density at radius 3 is 2.37 bits per heavy atom. The van der Waals surface area contributed by atoms with Crippen molar-refractivity contribution in [1.82, 2.24) is 5.01 Å². The highest BCUT2D eigenvalue weighted by molar-refractivity contribution is 6.23. The van der Waals surface area contributed by atoms with Gasteiger partial charge in [0.05, 0.1) is 16.8 Å². The van der Waals surface area contributed by atoms with Gasteiger partial charge in [-0.25, -0.2) is 4.39 Å². The molecule has 0 radical (unpaired) electrons. The van der Waals surface area contributed by atoms with E-state index in [0.717, 1.165) is 29.0 Å². The average Bonchev–Trinajstić information content (AvgIpc) is 2.96. The Kier molecular flexibility index (Phi) is 9.30. The van der Waals surface area contributed by atoms with Crippen molar-refractivity contribution in [3.8, 4) is 0 Å². The van der Waals surface area contributed by atoms with Crippen molar-refractivity contribution in [1.29, 1.82) is 0 Å². The van der Waals surface area contributed by atoms with Crippen molar-refractivity contribution < 1.29 is 4.39 Å². The molecule has 1 atom stereocenters. The molecule has 0 saturated heterocycles. The van der Waals surface area contributed by atoms with E-state index < -0.39 is 0 Å². The summed E-state index contributed by atoms with van der Waals surface area (Å²) in [6.45, 7) is 8.15. The van der Waals surface area contributed by atoms with Gasteiger partial charge in [-0.05, 0) is 48.7 Å². The molecule has 0 amide bonds. The standard InChI is InChI=1S/C18H19FN2.C8H9Cl/c1-4-18(16-8-6-5-7-9-16)20-21(3)14(2)15-10-12-17(19)13-11-15;1-7-3-2-4-8(9)6-5-7/h5-13H,2,4H2,1,3H3;2-6,8H,1H3/b20-18+;. The SMILES string of the molecule is C=C(c1ccc(F)cc1)N(C)/N=C(\CC)c1ccccc1.CC1=CC=CC(Cl)C=C1. The van der Waals surface area contributed by atoms with E-state index in [9.17, 15) is 4.39 Å². The number of hydrazone groups is 1. The Morgan fingerprint density at radius 2 is 1.73 bits per heavy atom. The number of hydrogen-bond acceptors (Lipinski definition) is 2. The molecule has 0 aliphatic heterocycles. The third kappa shape index (κ3) is 7.49. The first-order valence-corrected chi connectivity index (χ1v) is 10.3. The van der Waals surface area contributed by atoms with Gasteiger partial charge in [0.1, 0.15) is 5.82 Å². The van der Waals surface area contributed by atoms with Crippen LogP contribution in [-0.4, -0.2) is 23.1 Å². The Morgan fingerprint density at radius 1 is 1.07 bits per heavy atom. The van der Waals surface area contributed by atoms with E-state index >= 15 is 0 Å². The first kappa shape index (κ1) is 23.4. The molecule has 0 N–H and O–H groups in total. The van der Waals surface area contributed by atoms with E-state index in [1.165, 1.54) is 17.7 Å². The van der Waals surface area contributed by atoms with E-state index in [-0.39, 0.29) is 11.2 Å². The number of alkyl halides is 1. The van der Waals surface area contributed by atoms with Crippen LogP contribution in [0.5, 0.6) is 0 Å². The van der Waals surface area contributed by atoms with E-state index in [1.54, 1.807) is 17.1 Å². The van der Waals surface area contributed by atoms with Crippen LogP contribution in [-0.2, 0) is 0 Å². The van der Waals surface area contributed by atoms with Crippen LogP contribution in [0, 0.1) is 5.82 Å². The fourth-order valence-electron chi connectivity index (χ4n) is 2.71. The summed E-state index contributed by atoms with van der Waals surface area (Å²) < 4.78 is 13.0. The van der Waals surface area contributed by atoms with Crippen molar-refractivity contribution in [2.75, 3.05) is 7.05 Å². The molecule has 3 rings (SSSR count). The van der Waals surface area contributed by atoms with Crippen LogP contribution < -0.4 is 0 Å². The summed E-state index contributed by atoms with van der Waals surface area (Å²) in [5.74, 6) is -0.253. The number of allylic oxidation sites excluding steroid dienone is 6. The summed E-state index contributed by atoms with van der Waals surface area (Å²) in [6, 6.07) is 16.3. The highest BCUT2D eigenvalue weighted by atomic mass is 35.5. The first-order chi connectivity index (χ1) is 14.4. The smallest absolute Gasteiger partial charge is 0.123 e. The maximum absolute atomic E-state index is 13.0.